The molecule has 3 heteroatoms. The summed E-state index contributed by atoms with van der Waals surface area (Å²) < 4.78 is 0.894. The number of rotatable bonds is 2. The molecule has 2 rings (SSSR count). The lowest BCUT2D eigenvalue weighted by Crippen LogP contribution is -2.22. The van der Waals surface area contributed by atoms with Crippen molar-refractivity contribution in [1.82, 2.24) is 0 Å². The Labute approximate surface area is 111 Å². The van der Waals surface area contributed by atoms with Crippen LogP contribution in [0, 0.1) is 23.2 Å². The fourth-order valence-electron chi connectivity index (χ4n) is 2.44. The predicted octanol–water partition coefficient (Wildman–Crippen LogP) is 3.80. The molecule has 0 amide bonds. The molecule has 1 unspecified atom stereocenters. The Morgan fingerprint density at radius 1 is 1.47 bits per heavy atom. The van der Waals surface area contributed by atoms with E-state index in [9.17, 15) is 5.26 Å². The Bertz CT molecular complexity index is 448. The normalized spacial score (nSPS) is 19.7. The molecule has 1 aromatic rings. The van der Waals surface area contributed by atoms with Crippen molar-refractivity contribution in [3.8, 4) is 6.07 Å². The monoisotopic (exact) mass is 292 g/mol. The van der Waals surface area contributed by atoms with Crippen molar-refractivity contribution in [3.63, 3.8) is 0 Å². The predicted molar refractivity (Wildman–Crippen MR) is 74.0 cm³/mol. The first kappa shape index (κ1) is 12.4. The third kappa shape index (κ3) is 2.47. The van der Waals surface area contributed by atoms with Gasteiger partial charge in [-0.25, -0.2) is 0 Å². The number of hydrogen-bond acceptors (Lipinski definition) is 2. The molecule has 2 nitrogen and oxygen atoms in total. The Morgan fingerprint density at radius 2 is 2.24 bits per heavy atom. The van der Waals surface area contributed by atoms with Crippen molar-refractivity contribution in [3.05, 3.63) is 28.2 Å². The summed E-state index contributed by atoms with van der Waals surface area (Å²) >= 11 is 3.45. The molecule has 1 aromatic carbocycles. The molecule has 0 N–H and O–H groups in total. The molecular weight excluding hydrogens is 276 g/mol. The first-order chi connectivity index (χ1) is 8.13. The highest BCUT2D eigenvalue weighted by molar-refractivity contribution is 9.10. The second-order valence-corrected chi connectivity index (χ2v) is 5.84. The number of benzene rings is 1. The summed E-state index contributed by atoms with van der Waals surface area (Å²) in [7, 11) is 0. The lowest BCUT2D eigenvalue weighted by atomic mass is 9.95. The fraction of sp³-hybridized carbons (Fsp3) is 0.500. The zero-order valence-electron chi connectivity index (χ0n) is 10.3. The van der Waals surface area contributed by atoms with Crippen LogP contribution in [-0.4, -0.2) is 13.1 Å². The summed E-state index contributed by atoms with van der Waals surface area (Å²) in [5, 5.41) is 9.23. The molecule has 0 spiro atoms. The lowest BCUT2D eigenvalue weighted by Gasteiger charge is -2.21. The van der Waals surface area contributed by atoms with Crippen LogP contribution in [-0.2, 0) is 0 Å². The largest absolute Gasteiger partial charge is 0.370 e. The first-order valence-electron chi connectivity index (χ1n) is 6.07. The molecule has 1 aliphatic rings. The van der Waals surface area contributed by atoms with Gasteiger partial charge in [-0.15, -0.1) is 0 Å². The average Bonchev–Trinajstić information content (AvgIpc) is 2.77. The highest BCUT2D eigenvalue weighted by atomic mass is 79.9. The second kappa shape index (κ2) is 5.10. The van der Waals surface area contributed by atoms with Crippen molar-refractivity contribution in [2.24, 2.45) is 11.8 Å². The second-order valence-electron chi connectivity index (χ2n) is 4.98. The zero-order chi connectivity index (χ0) is 12.4. The van der Waals surface area contributed by atoms with E-state index in [2.05, 4.69) is 40.7 Å². The van der Waals surface area contributed by atoms with Gasteiger partial charge in [0.15, 0.2) is 0 Å². The third-order valence-electron chi connectivity index (χ3n) is 3.61. The van der Waals surface area contributed by atoms with Crippen LogP contribution in [0.4, 0.5) is 5.69 Å². The van der Waals surface area contributed by atoms with Crippen LogP contribution in [0.5, 0.6) is 0 Å². The van der Waals surface area contributed by atoms with Gasteiger partial charge in [0.1, 0.15) is 6.07 Å². The van der Waals surface area contributed by atoms with Gasteiger partial charge in [-0.1, -0.05) is 19.9 Å². The van der Waals surface area contributed by atoms with E-state index >= 15 is 0 Å². The molecule has 90 valence electrons. The van der Waals surface area contributed by atoms with E-state index in [0.717, 1.165) is 40.6 Å². The molecule has 0 radical (unpaired) electrons. The van der Waals surface area contributed by atoms with E-state index in [4.69, 9.17) is 0 Å². The molecule has 0 saturated carbocycles. The van der Waals surface area contributed by atoms with Gasteiger partial charge >= 0.3 is 0 Å². The quantitative estimate of drug-likeness (QED) is 0.829. The minimum Gasteiger partial charge on any atom is -0.370 e. The van der Waals surface area contributed by atoms with E-state index in [1.165, 1.54) is 6.42 Å². The molecule has 1 aliphatic heterocycles. The Balaban J connectivity index is 2.25. The Hall–Kier alpha value is -1.01. The van der Waals surface area contributed by atoms with Crippen molar-refractivity contribution >= 4 is 21.6 Å². The van der Waals surface area contributed by atoms with Crippen LogP contribution in [0.15, 0.2) is 22.7 Å². The summed E-state index contributed by atoms with van der Waals surface area (Å²) in [5.74, 6) is 1.47. The van der Waals surface area contributed by atoms with Crippen LogP contribution in [0.2, 0.25) is 0 Å². The summed E-state index contributed by atoms with van der Waals surface area (Å²) in [5.41, 5.74) is 1.84. The average molecular weight is 293 g/mol. The topological polar surface area (TPSA) is 27.0 Å². The maximum absolute atomic E-state index is 9.23. The number of nitrogens with zero attached hydrogens (tertiary/aromatic N) is 2. The van der Waals surface area contributed by atoms with Gasteiger partial charge in [0, 0.05) is 17.6 Å². The molecular formula is C14H17BrN2. The molecule has 1 atom stereocenters. The maximum Gasteiger partial charge on any atom is 0.103 e. The minimum atomic E-state index is 0.720. The van der Waals surface area contributed by atoms with E-state index in [0.29, 0.717) is 0 Å². The van der Waals surface area contributed by atoms with E-state index in [1.807, 2.05) is 18.2 Å². The Morgan fingerprint density at radius 3 is 2.82 bits per heavy atom. The SMILES string of the molecule is CC(C)C1CCN(c2cccc(Br)c2C#N)C1. The van der Waals surface area contributed by atoms with Crippen LogP contribution >= 0.6 is 15.9 Å². The van der Waals surface area contributed by atoms with Crippen LogP contribution in [0.1, 0.15) is 25.8 Å². The number of nitriles is 1. The zero-order valence-corrected chi connectivity index (χ0v) is 11.9. The third-order valence-corrected chi connectivity index (χ3v) is 4.27. The molecule has 0 bridgehead atoms. The standard InChI is InChI=1S/C14H17BrN2/c1-10(2)11-6-7-17(9-11)14-5-3-4-13(15)12(14)8-16/h3-5,10-11H,6-7,9H2,1-2H3. The number of anilines is 1. The molecule has 1 saturated heterocycles. The molecule has 0 aromatic heterocycles. The minimum absolute atomic E-state index is 0.720. The van der Waals surface area contributed by atoms with Gasteiger partial charge in [0.05, 0.1) is 11.3 Å². The summed E-state index contributed by atoms with van der Waals surface area (Å²) in [6.45, 7) is 6.69. The van der Waals surface area contributed by atoms with Crippen molar-refractivity contribution in [2.45, 2.75) is 20.3 Å². The van der Waals surface area contributed by atoms with Gasteiger partial charge in [-0.2, -0.15) is 5.26 Å². The first-order valence-corrected chi connectivity index (χ1v) is 6.86. The summed E-state index contributed by atoms with van der Waals surface area (Å²) in [4.78, 5) is 2.34. The van der Waals surface area contributed by atoms with Gasteiger partial charge in [0.2, 0.25) is 0 Å². The van der Waals surface area contributed by atoms with Crippen LogP contribution in [0.3, 0.4) is 0 Å². The van der Waals surface area contributed by atoms with Crippen LogP contribution < -0.4 is 4.90 Å². The van der Waals surface area contributed by atoms with Crippen molar-refractivity contribution < 1.29 is 0 Å². The highest BCUT2D eigenvalue weighted by Crippen LogP contribution is 2.32. The smallest absolute Gasteiger partial charge is 0.103 e. The van der Waals surface area contributed by atoms with Gasteiger partial charge < -0.3 is 4.90 Å². The summed E-state index contributed by atoms with van der Waals surface area (Å²) in [6.07, 6.45) is 1.23. The summed E-state index contributed by atoms with van der Waals surface area (Å²) in [6, 6.07) is 8.28. The molecule has 0 aliphatic carbocycles. The van der Waals surface area contributed by atoms with E-state index < -0.39 is 0 Å². The van der Waals surface area contributed by atoms with Gasteiger partial charge in [-0.05, 0) is 46.3 Å². The lowest BCUT2D eigenvalue weighted by molar-refractivity contribution is 0.423. The Kier molecular flexibility index (Phi) is 3.73. The van der Waals surface area contributed by atoms with Gasteiger partial charge in [-0.3, -0.25) is 0 Å². The highest BCUT2D eigenvalue weighted by Gasteiger charge is 2.26. The van der Waals surface area contributed by atoms with Gasteiger partial charge in [0.25, 0.3) is 0 Å². The molecule has 1 heterocycles. The van der Waals surface area contributed by atoms with E-state index in [1.54, 1.807) is 0 Å². The molecule has 17 heavy (non-hydrogen) atoms. The van der Waals surface area contributed by atoms with Crippen LogP contribution in [0.25, 0.3) is 0 Å². The number of halogens is 1. The van der Waals surface area contributed by atoms with Crippen molar-refractivity contribution in [2.75, 3.05) is 18.0 Å². The van der Waals surface area contributed by atoms with Crippen molar-refractivity contribution in [1.29, 1.82) is 5.26 Å². The maximum atomic E-state index is 9.23. The van der Waals surface area contributed by atoms with E-state index in [-0.39, 0.29) is 0 Å². The number of hydrogen-bond donors (Lipinski definition) is 0. The molecule has 1 fully saturated rings. The fourth-order valence-corrected chi connectivity index (χ4v) is 2.88.